The largest absolute Gasteiger partial charge is 0.598 e. The summed E-state index contributed by atoms with van der Waals surface area (Å²) >= 11 is 6.56. The van der Waals surface area contributed by atoms with Crippen LogP contribution in [-0.4, -0.2) is 27.0 Å². The number of amides is 1. The lowest BCUT2D eigenvalue weighted by atomic mass is 9.94. The van der Waals surface area contributed by atoms with Crippen LogP contribution in [0.1, 0.15) is 61.4 Å². The number of thiazole rings is 1. The number of hydrogen-bond acceptors (Lipinski definition) is 7. The fraction of sp³-hybridized carbons (Fsp3) is 0.385. The van der Waals surface area contributed by atoms with Crippen LogP contribution in [0.25, 0.3) is 0 Å². The van der Waals surface area contributed by atoms with Gasteiger partial charge >= 0.3 is 0 Å². The first-order valence-corrected chi connectivity index (χ1v) is 14.0. The fourth-order valence-electron chi connectivity index (χ4n) is 4.16. The summed E-state index contributed by atoms with van der Waals surface area (Å²) in [6.07, 6.45) is 1.51. The van der Waals surface area contributed by atoms with E-state index in [0.29, 0.717) is 21.7 Å². The predicted molar refractivity (Wildman–Crippen MR) is 143 cm³/mol. The maximum Gasteiger partial charge on any atom is 0.236 e. The number of benzene rings is 2. The first-order valence-electron chi connectivity index (χ1n) is 11.7. The molecule has 0 unspecified atom stereocenters. The van der Waals surface area contributed by atoms with Crippen molar-refractivity contribution in [1.82, 2.24) is 9.71 Å². The number of rotatable bonds is 7. The van der Waals surface area contributed by atoms with E-state index in [1.165, 1.54) is 11.3 Å². The lowest BCUT2D eigenvalue weighted by molar-refractivity contribution is -0.118. The van der Waals surface area contributed by atoms with Crippen molar-refractivity contribution in [3.05, 3.63) is 69.2 Å². The monoisotopic (exact) mass is 545 g/mol. The Hall–Kier alpha value is -2.30. The van der Waals surface area contributed by atoms with Crippen LogP contribution >= 0.6 is 22.9 Å². The molecule has 36 heavy (non-hydrogen) atoms. The molecule has 2 atom stereocenters. The van der Waals surface area contributed by atoms with Gasteiger partial charge in [0, 0.05) is 16.4 Å². The molecule has 2 aliphatic rings. The van der Waals surface area contributed by atoms with Crippen LogP contribution in [-0.2, 0) is 21.6 Å². The summed E-state index contributed by atoms with van der Waals surface area (Å²) in [7, 11) is 0. The normalized spacial score (nSPS) is 17.5. The summed E-state index contributed by atoms with van der Waals surface area (Å²) < 4.78 is 26.7. The van der Waals surface area contributed by atoms with Crippen LogP contribution in [0.15, 0.2) is 42.5 Å². The van der Waals surface area contributed by atoms with Gasteiger partial charge in [-0.3, -0.25) is 4.79 Å². The second-order valence-electron chi connectivity index (χ2n) is 10.0. The minimum Gasteiger partial charge on any atom is -0.598 e. The molecule has 1 amide bonds. The molecule has 10 heteroatoms. The summed E-state index contributed by atoms with van der Waals surface area (Å²) in [5.41, 5.74) is 1.86. The van der Waals surface area contributed by atoms with Crippen LogP contribution in [0.2, 0.25) is 5.02 Å². The minimum absolute atomic E-state index is 0.0952. The zero-order valence-corrected chi connectivity index (χ0v) is 22.9. The molecular weight excluding hydrogens is 518 g/mol. The number of ether oxygens (including phenoxy) is 2. The molecule has 190 valence electrons. The molecule has 1 aromatic heterocycles. The lowest BCUT2D eigenvalue weighted by Gasteiger charge is -2.28. The van der Waals surface area contributed by atoms with Gasteiger partial charge in [-0.05, 0) is 69.9 Å². The van der Waals surface area contributed by atoms with Gasteiger partial charge in [-0.25, -0.2) is 4.98 Å². The zero-order valence-electron chi connectivity index (χ0n) is 20.5. The number of anilines is 1. The molecule has 3 aromatic rings. The SMILES string of the molecule is Cc1nc(NC(=O)C2(c3ccc4c(c3)OCO4)CC2)sc1[C@@H](N[S@+]([O-])C(C)(C)C)c1ccccc1Cl. The van der Waals surface area contributed by atoms with E-state index in [1.54, 1.807) is 0 Å². The van der Waals surface area contributed by atoms with Crippen LogP contribution in [0.4, 0.5) is 5.13 Å². The van der Waals surface area contributed by atoms with E-state index in [9.17, 15) is 9.35 Å². The van der Waals surface area contributed by atoms with E-state index in [2.05, 4.69) is 15.0 Å². The number of nitrogens with zero attached hydrogens (tertiary/aromatic N) is 1. The van der Waals surface area contributed by atoms with E-state index in [1.807, 2.05) is 70.2 Å². The summed E-state index contributed by atoms with van der Waals surface area (Å²) in [4.78, 5) is 18.9. The molecule has 0 spiro atoms. The Morgan fingerprint density at radius 1 is 1.19 bits per heavy atom. The topological polar surface area (TPSA) is 95.5 Å². The number of nitrogens with one attached hydrogen (secondary N) is 2. The van der Waals surface area contributed by atoms with Gasteiger partial charge in [0.1, 0.15) is 10.8 Å². The lowest BCUT2D eigenvalue weighted by Crippen LogP contribution is -2.41. The second-order valence-corrected chi connectivity index (χ2v) is 13.5. The number of aryl methyl sites for hydroxylation is 1. The third kappa shape index (κ3) is 4.82. The van der Waals surface area contributed by atoms with Gasteiger partial charge in [0.15, 0.2) is 16.6 Å². The van der Waals surface area contributed by atoms with Crippen molar-refractivity contribution in [3.8, 4) is 11.5 Å². The zero-order chi connectivity index (χ0) is 25.7. The number of carbonyl (C=O) groups excluding carboxylic acids is 1. The number of aromatic nitrogens is 1. The summed E-state index contributed by atoms with van der Waals surface area (Å²) in [6, 6.07) is 12.7. The van der Waals surface area contributed by atoms with Crippen LogP contribution < -0.4 is 19.5 Å². The quantitative estimate of drug-likeness (QED) is 0.373. The smallest absolute Gasteiger partial charge is 0.236 e. The first kappa shape index (κ1) is 25.4. The molecule has 1 saturated carbocycles. The highest BCUT2D eigenvalue weighted by molar-refractivity contribution is 7.90. The van der Waals surface area contributed by atoms with Crippen molar-refractivity contribution in [2.45, 2.75) is 56.7 Å². The van der Waals surface area contributed by atoms with Gasteiger partial charge in [-0.1, -0.05) is 47.2 Å². The molecule has 1 aliphatic heterocycles. The van der Waals surface area contributed by atoms with Gasteiger partial charge in [0.25, 0.3) is 0 Å². The van der Waals surface area contributed by atoms with Crippen molar-refractivity contribution >= 4 is 45.3 Å². The van der Waals surface area contributed by atoms with Crippen LogP contribution in [0, 0.1) is 6.92 Å². The molecule has 0 saturated heterocycles. The molecule has 2 N–H and O–H groups in total. The molecule has 1 aliphatic carbocycles. The Morgan fingerprint density at radius 2 is 1.92 bits per heavy atom. The number of carbonyl (C=O) groups is 1. The minimum atomic E-state index is -1.35. The predicted octanol–water partition coefficient (Wildman–Crippen LogP) is 5.65. The van der Waals surface area contributed by atoms with Gasteiger partial charge in [0.05, 0.1) is 16.0 Å². The maximum absolute atomic E-state index is 13.4. The summed E-state index contributed by atoms with van der Waals surface area (Å²) in [5.74, 6) is 1.27. The van der Waals surface area contributed by atoms with Gasteiger partial charge in [0.2, 0.25) is 12.7 Å². The molecule has 2 heterocycles. The van der Waals surface area contributed by atoms with Crippen molar-refractivity contribution < 1.29 is 18.8 Å². The van der Waals surface area contributed by atoms with Crippen molar-refractivity contribution in [2.75, 3.05) is 12.1 Å². The first-order chi connectivity index (χ1) is 17.1. The van der Waals surface area contributed by atoms with Crippen molar-refractivity contribution in [3.63, 3.8) is 0 Å². The molecule has 1 fully saturated rings. The number of fused-ring (bicyclic) bond motifs is 1. The molecule has 0 radical (unpaired) electrons. The summed E-state index contributed by atoms with van der Waals surface area (Å²) in [6.45, 7) is 7.82. The van der Waals surface area contributed by atoms with Crippen molar-refractivity contribution in [2.24, 2.45) is 0 Å². The fourth-order valence-corrected chi connectivity index (χ4v) is 6.33. The van der Waals surface area contributed by atoms with E-state index in [0.717, 1.165) is 34.5 Å². The van der Waals surface area contributed by atoms with Gasteiger partial charge < -0.3 is 19.3 Å². The van der Waals surface area contributed by atoms with Crippen LogP contribution in [0.5, 0.6) is 11.5 Å². The van der Waals surface area contributed by atoms with E-state index in [4.69, 9.17) is 21.1 Å². The van der Waals surface area contributed by atoms with Crippen LogP contribution in [0.3, 0.4) is 0 Å². The Morgan fingerprint density at radius 3 is 2.61 bits per heavy atom. The Labute approximate surface area is 222 Å². The second kappa shape index (κ2) is 9.54. The highest BCUT2D eigenvalue weighted by Gasteiger charge is 2.52. The van der Waals surface area contributed by atoms with E-state index >= 15 is 0 Å². The molecule has 0 bridgehead atoms. The van der Waals surface area contributed by atoms with Crippen molar-refractivity contribution in [1.29, 1.82) is 0 Å². The Kier molecular flexibility index (Phi) is 6.72. The van der Waals surface area contributed by atoms with E-state index < -0.39 is 27.6 Å². The van der Waals surface area contributed by atoms with E-state index in [-0.39, 0.29) is 12.7 Å². The number of halogens is 1. The average Bonchev–Trinajstić information content (AvgIpc) is 3.38. The highest BCUT2D eigenvalue weighted by atomic mass is 35.5. The Balaban J connectivity index is 1.41. The molecule has 5 rings (SSSR count). The highest BCUT2D eigenvalue weighted by Crippen LogP contribution is 2.51. The molecule has 7 nitrogen and oxygen atoms in total. The number of hydrogen-bond donors (Lipinski definition) is 2. The maximum atomic E-state index is 13.4. The summed E-state index contributed by atoms with van der Waals surface area (Å²) in [5, 5.41) is 4.10. The molecular formula is C26H28ClN3O4S2. The standard InChI is InChI=1S/C26H28ClN3O4S2/c1-15-22(21(30-36(32)25(2,3)4)17-7-5-6-8-18(17)27)35-24(28-15)29-23(31)26(11-12-26)16-9-10-19-20(13-16)34-14-33-19/h5-10,13,21,30H,11-12,14H2,1-4H3,(H,28,29,31)/t21-,36+/m0/s1. The Bertz CT molecular complexity index is 1300. The third-order valence-electron chi connectivity index (χ3n) is 6.42. The molecule has 2 aromatic carbocycles. The van der Waals surface area contributed by atoms with Gasteiger partial charge in [-0.15, -0.1) is 4.72 Å². The average molecular weight is 546 g/mol. The van der Waals surface area contributed by atoms with Gasteiger partial charge in [-0.2, -0.15) is 0 Å². The third-order valence-corrected chi connectivity index (χ3v) is 9.47.